The zero-order chi connectivity index (χ0) is 14.7. The summed E-state index contributed by atoms with van der Waals surface area (Å²) in [5.41, 5.74) is 1.66. The van der Waals surface area contributed by atoms with Crippen LogP contribution >= 0.6 is 11.6 Å². The predicted octanol–water partition coefficient (Wildman–Crippen LogP) is 3.30. The highest BCUT2D eigenvalue weighted by atomic mass is 35.5. The Kier molecular flexibility index (Phi) is 4.06. The molecule has 0 unspecified atom stereocenters. The molecule has 4 nitrogen and oxygen atoms in total. The van der Waals surface area contributed by atoms with Crippen LogP contribution in [0, 0.1) is 0 Å². The second-order valence-corrected chi connectivity index (χ2v) is 5.93. The second-order valence-electron chi connectivity index (χ2n) is 5.66. The molecule has 110 valence electrons. The van der Waals surface area contributed by atoms with Crippen LogP contribution in [0.5, 0.6) is 0 Å². The third kappa shape index (κ3) is 2.86. The SMILES string of the molecule is O=C(NC1(CCl)CCCCC1)c1cccc2nccnc12. The summed E-state index contributed by atoms with van der Waals surface area (Å²) in [7, 11) is 0. The Morgan fingerprint density at radius 3 is 2.71 bits per heavy atom. The summed E-state index contributed by atoms with van der Waals surface area (Å²) >= 11 is 6.14. The number of hydrogen-bond donors (Lipinski definition) is 1. The Labute approximate surface area is 128 Å². The van der Waals surface area contributed by atoms with Crippen molar-refractivity contribution in [3.8, 4) is 0 Å². The van der Waals surface area contributed by atoms with Gasteiger partial charge in [0.15, 0.2) is 0 Å². The first-order chi connectivity index (χ1) is 10.2. The number of carbonyl (C=O) groups is 1. The summed E-state index contributed by atoms with van der Waals surface area (Å²) < 4.78 is 0. The van der Waals surface area contributed by atoms with Crippen LogP contribution in [0.25, 0.3) is 11.0 Å². The summed E-state index contributed by atoms with van der Waals surface area (Å²) in [5.74, 6) is 0.346. The molecule has 21 heavy (non-hydrogen) atoms. The highest BCUT2D eigenvalue weighted by molar-refractivity contribution is 6.19. The van der Waals surface area contributed by atoms with Crippen molar-refractivity contribution in [2.75, 3.05) is 5.88 Å². The van der Waals surface area contributed by atoms with E-state index in [-0.39, 0.29) is 11.4 Å². The fraction of sp³-hybridized carbons (Fsp3) is 0.438. The van der Waals surface area contributed by atoms with Gasteiger partial charge in [0.2, 0.25) is 0 Å². The van der Waals surface area contributed by atoms with Gasteiger partial charge in [-0.1, -0.05) is 25.3 Å². The normalized spacial score (nSPS) is 17.6. The van der Waals surface area contributed by atoms with Gasteiger partial charge in [-0.05, 0) is 25.0 Å². The van der Waals surface area contributed by atoms with E-state index >= 15 is 0 Å². The maximum Gasteiger partial charge on any atom is 0.254 e. The third-order valence-electron chi connectivity index (χ3n) is 4.19. The van der Waals surface area contributed by atoms with Crippen molar-refractivity contribution in [2.45, 2.75) is 37.6 Å². The molecule has 0 atom stereocenters. The van der Waals surface area contributed by atoms with Crippen molar-refractivity contribution >= 4 is 28.5 Å². The van der Waals surface area contributed by atoms with Crippen molar-refractivity contribution in [1.82, 2.24) is 15.3 Å². The molecule has 0 spiro atoms. The Morgan fingerprint density at radius 1 is 1.19 bits per heavy atom. The van der Waals surface area contributed by atoms with Crippen LogP contribution in [-0.2, 0) is 0 Å². The molecule has 1 saturated carbocycles. The van der Waals surface area contributed by atoms with Crippen molar-refractivity contribution in [1.29, 1.82) is 0 Å². The molecule has 5 heteroatoms. The lowest BCUT2D eigenvalue weighted by Gasteiger charge is -2.36. The number of amides is 1. The summed E-state index contributed by atoms with van der Waals surface area (Å²) in [5, 5.41) is 3.15. The third-order valence-corrected chi connectivity index (χ3v) is 4.70. The van der Waals surface area contributed by atoms with Crippen LogP contribution < -0.4 is 5.32 Å². The number of nitrogens with one attached hydrogen (secondary N) is 1. The van der Waals surface area contributed by atoms with Crippen LogP contribution in [-0.4, -0.2) is 27.3 Å². The van der Waals surface area contributed by atoms with E-state index in [1.165, 1.54) is 6.42 Å². The van der Waals surface area contributed by atoms with Crippen molar-refractivity contribution in [3.05, 3.63) is 36.2 Å². The maximum absolute atomic E-state index is 12.7. The largest absolute Gasteiger partial charge is 0.345 e. The second kappa shape index (κ2) is 5.98. The molecule has 1 aliphatic carbocycles. The van der Waals surface area contributed by atoms with Crippen LogP contribution in [0.3, 0.4) is 0 Å². The molecule has 1 aliphatic rings. The number of nitrogens with zero attached hydrogens (tertiary/aromatic N) is 2. The lowest BCUT2D eigenvalue weighted by atomic mass is 9.83. The molecule has 1 heterocycles. The first kappa shape index (κ1) is 14.3. The van der Waals surface area contributed by atoms with Gasteiger partial charge in [-0.3, -0.25) is 14.8 Å². The monoisotopic (exact) mass is 303 g/mol. The molecule has 3 rings (SSSR count). The smallest absolute Gasteiger partial charge is 0.254 e. The number of aromatic nitrogens is 2. The number of rotatable bonds is 3. The van der Waals surface area contributed by atoms with Crippen LogP contribution in [0.2, 0.25) is 0 Å². The molecule has 1 aromatic carbocycles. The summed E-state index contributed by atoms with van der Waals surface area (Å²) in [6, 6.07) is 5.48. The number of hydrogen-bond acceptors (Lipinski definition) is 3. The van der Waals surface area contributed by atoms with Crippen LogP contribution in [0.1, 0.15) is 42.5 Å². The lowest BCUT2D eigenvalue weighted by molar-refractivity contribution is 0.0886. The fourth-order valence-corrected chi connectivity index (χ4v) is 3.34. The van der Waals surface area contributed by atoms with Crippen molar-refractivity contribution < 1.29 is 4.79 Å². The van der Waals surface area contributed by atoms with Gasteiger partial charge in [0, 0.05) is 18.3 Å². The Bertz CT molecular complexity index is 648. The Morgan fingerprint density at radius 2 is 1.95 bits per heavy atom. The minimum Gasteiger partial charge on any atom is -0.345 e. The number of fused-ring (bicyclic) bond motifs is 1. The molecule has 0 radical (unpaired) electrons. The highest BCUT2D eigenvalue weighted by Gasteiger charge is 2.33. The van der Waals surface area contributed by atoms with Crippen molar-refractivity contribution in [2.24, 2.45) is 0 Å². The van der Waals surface area contributed by atoms with E-state index in [9.17, 15) is 4.79 Å². The number of benzene rings is 1. The minimum absolute atomic E-state index is 0.108. The van der Waals surface area contributed by atoms with E-state index in [1.54, 1.807) is 18.5 Å². The molecule has 1 amide bonds. The first-order valence-electron chi connectivity index (χ1n) is 7.32. The van der Waals surface area contributed by atoms with E-state index in [4.69, 9.17) is 11.6 Å². The number of para-hydroxylation sites is 1. The van der Waals surface area contributed by atoms with E-state index in [0.29, 0.717) is 17.0 Å². The van der Waals surface area contributed by atoms with Gasteiger partial charge in [0.25, 0.3) is 5.91 Å². The fourth-order valence-electron chi connectivity index (χ4n) is 3.00. The minimum atomic E-state index is -0.277. The van der Waals surface area contributed by atoms with E-state index in [1.807, 2.05) is 12.1 Å². The van der Waals surface area contributed by atoms with E-state index in [0.717, 1.165) is 31.2 Å². The first-order valence-corrected chi connectivity index (χ1v) is 7.86. The summed E-state index contributed by atoms with van der Waals surface area (Å²) in [6.45, 7) is 0. The van der Waals surface area contributed by atoms with Crippen LogP contribution in [0.4, 0.5) is 0 Å². The zero-order valence-corrected chi connectivity index (χ0v) is 12.6. The quantitative estimate of drug-likeness (QED) is 0.885. The maximum atomic E-state index is 12.7. The summed E-state index contributed by atoms with van der Waals surface area (Å²) in [4.78, 5) is 21.2. The van der Waals surface area contributed by atoms with E-state index in [2.05, 4.69) is 15.3 Å². The Hall–Kier alpha value is -1.68. The molecule has 0 bridgehead atoms. The average molecular weight is 304 g/mol. The average Bonchev–Trinajstić information content (AvgIpc) is 2.55. The number of halogens is 1. The highest BCUT2D eigenvalue weighted by Crippen LogP contribution is 2.30. The predicted molar refractivity (Wildman–Crippen MR) is 83.5 cm³/mol. The van der Waals surface area contributed by atoms with Gasteiger partial charge in [0.1, 0.15) is 5.52 Å². The topological polar surface area (TPSA) is 54.9 Å². The molecule has 1 fully saturated rings. The van der Waals surface area contributed by atoms with Gasteiger partial charge in [0.05, 0.1) is 16.6 Å². The lowest BCUT2D eigenvalue weighted by Crippen LogP contribution is -2.51. The molecule has 1 N–H and O–H groups in total. The molecular formula is C16H18ClN3O. The Balaban J connectivity index is 1.90. The van der Waals surface area contributed by atoms with Gasteiger partial charge < -0.3 is 5.32 Å². The molecule has 2 aromatic rings. The van der Waals surface area contributed by atoms with Crippen LogP contribution in [0.15, 0.2) is 30.6 Å². The van der Waals surface area contributed by atoms with E-state index < -0.39 is 0 Å². The summed E-state index contributed by atoms with van der Waals surface area (Å²) in [6.07, 6.45) is 8.57. The van der Waals surface area contributed by atoms with Gasteiger partial charge >= 0.3 is 0 Å². The van der Waals surface area contributed by atoms with Gasteiger partial charge in [-0.25, -0.2) is 0 Å². The molecule has 1 aromatic heterocycles. The molecule has 0 saturated heterocycles. The number of carbonyl (C=O) groups excluding carboxylic acids is 1. The molecule has 0 aliphatic heterocycles. The van der Waals surface area contributed by atoms with Gasteiger partial charge in [-0.2, -0.15) is 0 Å². The van der Waals surface area contributed by atoms with Crippen molar-refractivity contribution in [3.63, 3.8) is 0 Å². The standard InChI is InChI=1S/C16H18ClN3O/c17-11-16(7-2-1-3-8-16)20-15(21)12-5-4-6-13-14(12)19-10-9-18-13/h4-6,9-10H,1-3,7-8,11H2,(H,20,21). The van der Waals surface area contributed by atoms with Gasteiger partial charge in [-0.15, -0.1) is 11.6 Å². The molecular weight excluding hydrogens is 286 g/mol. The zero-order valence-electron chi connectivity index (χ0n) is 11.8. The number of alkyl halides is 1.